The predicted molar refractivity (Wildman–Crippen MR) is 97.0 cm³/mol. The number of aryl methyl sites for hydroxylation is 2. The van der Waals surface area contributed by atoms with Gasteiger partial charge in [-0.15, -0.1) is 0 Å². The molecule has 1 aromatic heterocycles. The molecule has 9 nitrogen and oxygen atoms in total. The Hall–Kier alpha value is -2.59. The Kier molecular flexibility index (Phi) is 5.38. The molecule has 2 heterocycles. The molecule has 0 spiro atoms. The number of nitro groups is 1. The van der Waals surface area contributed by atoms with Crippen LogP contribution < -0.4 is 4.74 Å². The van der Waals surface area contributed by atoms with E-state index in [4.69, 9.17) is 4.74 Å². The van der Waals surface area contributed by atoms with Crippen molar-refractivity contribution in [3.63, 3.8) is 0 Å². The molecule has 0 aliphatic carbocycles. The summed E-state index contributed by atoms with van der Waals surface area (Å²) >= 11 is 0. The third kappa shape index (κ3) is 4.40. The first-order valence-corrected chi connectivity index (χ1v) is 9.93. The first-order chi connectivity index (χ1) is 12.8. The Morgan fingerprint density at radius 1 is 1.19 bits per heavy atom. The van der Waals surface area contributed by atoms with Crippen molar-refractivity contribution in [1.82, 2.24) is 14.3 Å². The summed E-state index contributed by atoms with van der Waals surface area (Å²) in [5.41, 5.74) is 0.562. The van der Waals surface area contributed by atoms with E-state index in [2.05, 4.69) is 9.97 Å². The third-order valence-corrected chi connectivity index (χ3v) is 6.19. The lowest BCUT2D eigenvalue weighted by atomic mass is 10.1. The van der Waals surface area contributed by atoms with Crippen molar-refractivity contribution in [2.24, 2.45) is 0 Å². The van der Waals surface area contributed by atoms with Crippen LogP contribution in [0.3, 0.4) is 0 Å². The molecule has 3 rings (SSSR count). The number of hydrogen-bond donors (Lipinski definition) is 0. The molecule has 0 bridgehead atoms. The molecule has 0 saturated carbocycles. The molecule has 0 amide bonds. The number of ether oxygens (including phenoxy) is 1. The van der Waals surface area contributed by atoms with E-state index in [1.807, 2.05) is 6.92 Å². The van der Waals surface area contributed by atoms with Gasteiger partial charge in [0, 0.05) is 37.0 Å². The fraction of sp³-hybridized carbons (Fsp3) is 0.412. The fourth-order valence-corrected chi connectivity index (χ4v) is 4.52. The second kappa shape index (κ2) is 7.57. The highest BCUT2D eigenvalue weighted by atomic mass is 32.2. The van der Waals surface area contributed by atoms with Crippen molar-refractivity contribution in [2.75, 3.05) is 13.1 Å². The summed E-state index contributed by atoms with van der Waals surface area (Å²) in [4.78, 5) is 18.7. The summed E-state index contributed by atoms with van der Waals surface area (Å²) in [6, 6.07) is 6.85. The number of nitrogens with zero attached hydrogens (tertiary/aromatic N) is 4. The van der Waals surface area contributed by atoms with Crippen LogP contribution in [0.2, 0.25) is 0 Å². The molecule has 27 heavy (non-hydrogen) atoms. The summed E-state index contributed by atoms with van der Waals surface area (Å²) in [6.07, 6.45) is 0.877. The van der Waals surface area contributed by atoms with Gasteiger partial charge in [0.25, 0.3) is 5.69 Å². The molecule has 0 atom stereocenters. The normalized spacial score (nSPS) is 16.2. The number of aromatic nitrogens is 2. The van der Waals surface area contributed by atoms with Crippen molar-refractivity contribution in [3.8, 4) is 5.88 Å². The number of non-ortho nitro benzene ring substituents is 1. The molecule has 1 saturated heterocycles. The minimum atomic E-state index is -3.78. The zero-order valence-corrected chi connectivity index (χ0v) is 15.8. The minimum Gasteiger partial charge on any atom is -0.474 e. The number of rotatable bonds is 5. The first-order valence-electron chi connectivity index (χ1n) is 8.49. The maximum atomic E-state index is 12.8. The molecule has 1 aromatic carbocycles. The van der Waals surface area contributed by atoms with E-state index < -0.39 is 14.9 Å². The summed E-state index contributed by atoms with van der Waals surface area (Å²) < 4.78 is 32.7. The smallest absolute Gasteiger partial charge is 0.270 e. The summed E-state index contributed by atoms with van der Waals surface area (Å²) in [5.74, 6) is 1.11. The maximum Gasteiger partial charge on any atom is 0.270 e. The SMILES string of the molecule is Cc1cc(OC2CCN(S(=O)(=O)c3cccc([N+](=O)[O-])c3)CC2)nc(C)n1. The highest BCUT2D eigenvalue weighted by Gasteiger charge is 2.31. The highest BCUT2D eigenvalue weighted by Crippen LogP contribution is 2.25. The van der Waals surface area contributed by atoms with Crippen LogP contribution in [0.25, 0.3) is 0 Å². The first kappa shape index (κ1) is 19.2. The van der Waals surface area contributed by atoms with Gasteiger partial charge in [0.15, 0.2) is 0 Å². The molecule has 144 valence electrons. The zero-order chi connectivity index (χ0) is 19.6. The molecular weight excluding hydrogens is 372 g/mol. The van der Waals surface area contributed by atoms with Gasteiger partial charge in [-0.3, -0.25) is 10.1 Å². The van der Waals surface area contributed by atoms with Crippen molar-refractivity contribution >= 4 is 15.7 Å². The minimum absolute atomic E-state index is 0.0712. The zero-order valence-electron chi connectivity index (χ0n) is 15.0. The summed E-state index contributed by atoms with van der Waals surface area (Å²) in [7, 11) is -3.78. The van der Waals surface area contributed by atoms with E-state index in [0.717, 1.165) is 11.8 Å². The van der Waals surface area contributed by atoms with E-state index in [-0.39, 0.29) is 29.8 Å². The van der Waals surface area contributed by atoms with Gasteiger partial charge in [-0.2, -0.15) is 9.29 Å². The van der Waals surface area contributed by atoms with Crippen LogP contribution in [-0.4, -0.2) is 46.8 Å². The van der Waals surface area contributed by atoms with E-state index in [1.54, 1.807) is 13.0 Å². The Morgan fingerprint density at radius 2 is 1.89 bits per heavy atom. The summed E-state index contributed by atoms with van der Waals surface area (Å²) in [6.45, 7) is 4.20. The van der Waals surface area contributed by atoms with E-state index in [1.165, 1.54) is 22.5 Å². The second-order valence-electron chi connectivity index (χ2n) is 6.37. The predicted octanol–water partition coefficient (Wildman–Crippen LogP) is 2.23. The largest absolute Gasteiger partial charge is 0.474 e. The highest BCUT2D eigenvalue weighted by molar-refractivity contribution is 7.89. The van der Waals surface area contributed by atoms with Crippen LogP contribution >= 0.6 is 0 Å². The quantitative estimate of drug-likeness (QED) is 0.566. The number of hydrogen-bond acceptors (Lipinski definition) is 7. The Balaban J connectivity index is 1.67. The van der Waals surface area contributed by atoms with Gasteiger partial charge in [0.2, 0.25) is 15.9 Å². The fourth-order valence-electron chi connectivity index (χ4n) is 3.01. The molecule has 0 N–H and O–H groups in total. The van der Waals surface area contributed by atoms with Gasteiger partial charge in [0.05, 0.1) is 9.82 Å². The van der Waals surface area contributed by atoms with Gasteiger partial charge in [-0.05, 0) is 32.8 Å². The molecular formula is C17H20N4O5S. The molecule has 10 heteroatoms. The maximum absolute atomic E-state index is 12.8. The number of sulfonamides is 1. The van der Waals surface area contributed by atoms with Crippen LogP contribution in [-0.2, 0) is 10.0 Å². The van der Waals surface area contributed by atoms with Crippen LogP contribution in [0.15, 0.2) is 35.2 Å². The van der Waals surface area contributed by atoms with Gasteiger partial charge < -0.3 is 4.74 Å². The van der Waals surface area contributed by atoms with Crippen LogP contribution in [0.5, 0.6) is 5.88 Å². The Labute approximate surface area is 157 Å². The van der Waals surface area contributed by atoms with E-state index in [9.17, 15) is 18.5 Å². The number of nitro benzene ring substituents is 1. The van der Waals surface area contributed by atoms with Crippen LogP contribution in [0.1, 0.15) is 24.4 Å². The van der Waals surface area contributed by atoms with Crippen molar-refractivity contribution in [1.29, 1.82) is 0 Å². The van der Waals surface area contributed by atoms with Crippen LogP contribution in [0, 0.1) is 24.0 Å². The van der Waals surface area contributed by atoms with Crippen molar-refractivity contribution in [3.05, 3.63) is 52.0 Å². The third-order valence-electron chi connectivity index (χ3n) is 4.30. The molecule has 0 radical (unpaired) electrons. The topological polar surface area (TPSA) is 116 Å². The van der Waals surface area contributed by atoms with E-state index >= 15 is 0 Å². The van der Waals surface area contributed by atoms with E-state index in [0.29, 0.717) is 24.5 Å². The number of piperidine rings is 1. The van der Waals surface area contributed by atoms with Crippen molar-refractivity contribution < 1.29 is 18.1 Å². The standard InChI is InChI=1S/C17H20N4O5S/c1-12-10-17(19-13(2)18-12)26-15-6-8-20(9-7-15)27(24,25)16-5-3-4-14(11-16)21(22)23/h3-5,10-11,15H,6-9H2,1-2H3. The molecule has 0 unspecified atom stereocenters. The van der Waals surface area contributed by atoms with Gasteiger partial charge in [-0.25, -0.2) is 13.4 Å². The molecule has 2 aromatic rings. The monoisotopic (exact) mass is 392 g/mol. The molecule has 1 aliphatic heterocycles. The molecule has 1 fully saturated rings. The van der Waals surface area contributed by atoms with Crippen molar-refractivity contribution in [2.45, 2.75) is 37.7 Å². The van der Waals surface area contributed by atoms with Gasteiger partial charge >= 0.3 is 0 Å². The summed E-state index contributed by atoms with van der Waals surface area (Å²) in [5, 5.41) is 10.9. The lowest BCUT2D eigenvalue weighted by Gasteiger charge is -2.31. The average molecular weight is 392 g/mol. The number of benzene rings is 1. The molecule has 1 aliphatic rings. The Bertz CT molecular complexity index is 935. The van der Waals surface area contributed by atoms with Crippen LogP contribution in [0.4, 0.5) is 5.69 Å². The van der Waals surface area contributed by atoms with Gasteiger partial charge in [-0.1, -0.05) is 6.07 Å². The lowest BCUT2D eigenvalue weighted by molar-refractivity contribution is -0.385. The Morgan fingerprint density at radius 3 is 2.52 bits per heavy atom. The van der Waals surface area contributed by atoms with Gasteiger partial charge in [0.1, 0.15) is 11.9 Å². The lowest BCUT2D eigenvalue weighted by Crippen LogP contribution is -2.41. The second-order valence-corrected chi connectivity index (χ2v) is 8.31. The average Bonchev–Trinajstić information content (AvgIpc) is 2.61.